The quantitative estimate of drug-likeness (QED) is 0.667. The minimum atomic E-state index is -0.344. The summed E-state index contributed by atoms with van der Waals surface area (Å²) in [5, 5.41) is 14.3. The van der Waals surface area contributed by atoms with Gasteiger partial charge in [-0.05, 0) is 50.5 Å². The van der Waals surface area contributed by atoms with Gasteiger partial charge in [0, 0.05) is 23.9 Å². The monoisotopic (exact) mass is 284 g/mol. The lowest BCUT2D eigenvalue weighted by atomic mass is 9.99. The van der Waals surface area contributed by atoms with Gasteiger partial charge in [0.2, 0.25) is 0 Å². The Morgan fingerprint density at radius 2 is 1.71 bits per heavy atom. The van der Waals surface area contributed by atoms with Crippen molar-refractivity contribution in [3.8, 4) is 0 Å². The Labute approximate surface area is 125 Å². The molecule has 0 spiro atoms. The molecule has 110 valence electrons. The Hall–Kier alpha value is -2.36. The Kier molecular flexibility index (Phi) is 4.26. The van der Waals surface area contributed by atoms with E-state index in [-0.39, 0.29) is 10.6 Å². The fraction of sp³-hybridized carbons (Fsp3) is 0.294. The van der Waals surface area contributed by atoms with Gasteiger partial charge in [-0.3, -0.25) is 10.1 Å². The lowest BCUT2D eigenvalue weighted by Gasteiger charge is -2.14. The van der Waals surface area contributed by atoms with Gasteiger partial charge in [0.15, 0.2) is 0 Å². The first-order valence-electron chi connectivity index (χ1n) is 6.94. The van der Waals surface area contributed by atoms with E-state index in [4.69, 9.17) is 0 Å². The predicted molar refractivity (Wildman–Crippen MR) is 85.8 cm³/mol. The molecule has 2 aromatic rings. The lowest BCUT2D eigenvalue weighted by molar-refractivity contribution is -0.385. The molecule has 0 aliphatic rings. The van der Waals surface area contributed by atoms with Crippen molar-refractivity contribution in [1.82, 2.24) is 0 Å². The van der Waals surface area contributed by atoms with Gasteiger partial charge in [0.1, 0.15) is 0 Å². The smallest absolute Gasteiger partial charge is 0.274 e. The minimum absolute atomic E-state index is 0.150. The van der Waals surface area contributed by atoms with Crippen molar-refractivity contribution in [1.29, 1.82) is 0 Å². The Bertz CT molecular complexity index is 670. The molecule has 0 saturated heterocycles. The van der Waals surface area contributed by atoms with Crippen LogP contribution in [0.3, 0.4) is 0 Å². The first kappa shape index (κ1) is 15.0. The van der Waals surface area contributed by atoms with Crippen molar-refractivity contribution in [3.05, 3.63) is 68.3 Å². The molecule has 2 aromatic carbocycles. The van der Waals surface area contributed by atoms with E-state index in [9.17, 15) is 10.1 Å². The van der Waals surface area contributed by atoms with Crippen LogP contribution in [0.25, 0.3) is 0 Å². The topological polar surface area (TPSA) is 55.2 Å². The largest absolute Gasteiger partial charge is 0.381 e. The van der Waals surface area contributed by atoms with Gasteiger partial charge in [0.05, 0.1) is 4.92 Å². The second kappa shape index (κ2) is 5.95. The first-order valence-corrected chi connectivity index (χ1v) is 6.94. The summed E-state index contributed by atoms with van der Waals surface area (Å²) in [7, 11) is 0. The number of benzene rings is 2. The summed E-state index contributed by atoms with van der Waals surface area (Å²) >= 11 is 0. The highest BCUT2D eigenvalue weighted by molar-refractivity contribution is 5.60. The zero-order chi connectivity index (χ0) is 15.6. The van der Waals surface area contributed by atoms with E-state index < -0.39 is 0 Å². The van der Waals surface area contributed by atoms with Gasteiger partial charge in [-0.25, -0.2) is 0 Å². The third-order valence-corrected chi connectivity index (χ3v) is 3.80. The Balaban J connectivity index is 2.25. The average molecular weight is 284 g/mol. The molecular formula is C17H20N2O2. The number of nitro groups is 1. The molecule has 0 amide bonds. The lowest BCUT2D eigenvalue weighted by Crippen LogP contribution is -2.06. The Morgan fingerprint density at radius 3 is 2.29 bits per heavy atom. The van der Waals surface area contributed by atoms with Crippen molar-refractivity contribution in [2.24, 2.45) is 0 Å². The van der Waals surface area contributed by atoms with Gasteiger partial charge in [0.25, 0.3) is 5.69 Å². The fourth-order valence-electron chi connectivity index (χ4n) is 2.69. The molecule has 4 heteroatoms. The third kappa shape index (κ3) is 3.21. The summed E-state index contributed by atoms with van der Waals surface area (Å²) < 4.78 is 0. The maximum absolute atomic E-state index is 11.0. The highest BCUT2D eigenvalue weighted by atomic mass is 16.6. The van der Waals surface area contributed by atoms with E-state index in [0.29, 0.717) is 12.1 Å². The van der Waals surface area contributed by atoms with Gasteiger partial charge >= 0.3 is 0 Å². The van der Waals surface area contributed by atoms with Crippen LogP contribution in [0.4, 0.5) is 11.4 Å². The van der Waals surface area contributed by atoms with Crippen LogP contribution < -0.4 is 5.32 Å². The summed E-state index contributed by atoms with van der Waals surface area (Å²) in [6.45, 7) is 8.71. The van der Waals surface area contributed by atoms with Gasteiger partial charge in [-0.1, -0.05) is 23.8 Å². The fourth-order valence-corrected chi connectivity index (χ4v) is 2.69. The number of nitrogens with zero attached hydrogens (tertiary/aromatic N) is 1. The molecule has 0 aliphatic heterocycles. The number of rotatable bonds is 4. The van der Waals surface area contributed by atoms with E-state index in [1.54, 1.807) is 13.0 Å². The molecule has 0 unspecified atom stereocenters. The highest BCUT2D eigenvalue weighted by Gasteiger charge is 2.13. The summed E-state index contributed by atoms with van der Waals surface area (Å²) in [4.78, 5) is 10.6. The highest BCUT2D eigenvalue weighted by Crippen LogP contribution is 2.26. The molecule has 0 saturated carbocycles. The molecule has 2 rings (SSSR count). The van der Waals surface area contributed by atoms with Crippen LogP contribution in [-0.4, -0.2) is 4.92 Å². The predicted octanol–water partition coefficient (Wildman–Crippen LogP) is 4.44. The van der Waals surface area contributed by atoms with E-state index in [0.717, 1.165) is 5.69 Å². The average Bonchev–Trinajstić information content (AvgIpc) is 2.38. The van der Waals surface area contributed by atoms with Gasteiger partial charge in [-0.15, -0.1) is 0 Å². The van der Waals surface area contributed by atoms with Gasteiger partial charge in [-0.2, -0.15) is 0 Å². The molecule has 0 radical (unpaired) electrons. The third-order valence-electron chi connectivity index (χ3n) is 3.80. The number of anilines is 1. The number of aryl methyl sites for hydroxylation is 3. The zero-order valence-electron chi connectivity index (χ0n) is 12.9. The van der Waals surface area contributed by atoms with Crippen LogP contribution in [-0.2, 0) is 6.54 Å². The van der Waals surface area contributed by atoms with E-state index in [2.05, 4.69) is 38.2 Å². The van der Waals surface area contributed by atoms with E-state index >= 15 is 0 Å². The molecule has 21 heavy (non-hydrogen) atoms. The standard InChI is InChI=1S/C17H20N2O2/c1-11-8-12(2)15(13(3)9-11)10-18-16-6-5-7-17(14(16)4)19(20)21/h5-9,18H,10H2,1-4H3. The first-order chi connectivity index (χ1) is 9.90. The van der Waals surface area contributed by atoms with Crippen molar-refractivity contribution < 1.29 is 4.92 Å². The van der Waals surface area contributed by atoms with Crippen molar-refractivity contribution in [2.45, 2.75) is 34.2 Å². The van der Waals surface area contributed by atoms with Crippen molar-refractivity contribution in [3.63, 3.8) is 0 Å². The maximum Gasteiger partial charge on any atom is 0.274 e. The van der Waals surface area contributed by atoms with E-state index in [1.165, 1.54) is 28.3 Å². The second-order valence-corrected chi connectivity index (χ2v) is 5.44. The maximum atomic E-state index is 11.0. The number of nitrogens with one attached hydrogen (secondary N) is 1. The molecule has 0 fully saturated rings. The van der Waals surface area contributed by atoms with Crippen LogP contribution >= 0.6 is 0 Å². The zero-order valence-corrected chi connectivity index (χ0v) is 12.9. The molecule has 0 atom stereocenters. The SMILES string of the molecule is Cc1cc(C)c(CNc2cccc([N+](=O)[O-])c2C)c(C)c1. The van der Waals surface area contributed by atoms with Crippen molar-refractivity contribution >= 4 is 11.4 Å². The Morgan fingerprint density at radius 1 is 1.10 bits per heavy atom. The van der Waals surface area contributed by atoms with Crippen LogP contribution in [0, 0.1) is 37.8 Å². The van der Waals surface area contributed by atoms with Crippen molar-refractivity contribution in [2.75, 3.05) is 5.32 Å². The van der Waals surface area contributed by atoms with Crippen LogP contribution in [0.5, 0.6) is 0 Å². The summed E-state index contributed by atoms with van der Waals surface area (Å²) in [5.74, 6) is 0. The molecule has 4 nitrogen and oxygen atoms in total. The number of hydrogen-bond acceptors (Lipinski definition) is 3. The van der Waals surface area contributed by atoms with E-state index in [1.807, 2.05) is 6.07 Å². The summed E-state index contributed by atoms with van der Waals surface area (Å²) in [5.41, 5.74) is 6.60. The normalized spacial score (nSPS) is 10.5. The molecular weight excluding hydrogens is 264 g/mol. The molecule has 1 N–H and O–H groups in total. The minimum Gasteiger partial charge on any atom is -0.381 e. The molecule has 0 aliphatic carbocycles. The molecule has 0 aromatic heterocycles. The second-order valence-electron chi connectivity index (χ2n) is 5.44. The molecule has 0 heterocycles. The number of hydrogen-bond donors (Lipinski definition) is 1. The summed E-state index contributed by atoms with van der Waals surface area (Å²) in [6, 6.07) is 9.43. The van der Waals surface area contributed by atoms with Crippen LogP contribution in [0.15, 0.2) is 30.3 Å². The van der Waals surface area contributed by atoms with Crippen LogP contribution in [0.2, 0.25) is 0 Å². The van der Waals surface area contributed by atoms with Crippen LogP contribution in [0.1, 0.15) is 27.8 Å². The molecule has 0 bridgehead atoms. The van der Waals surface area contributed by atoms with Gasteiger partial charge < -0.3 is 5.32 Å². The summed E-state index contributed by atoms with van der Waals surface area (Å²) in [6.07, 6.45) is 0. The number of nitro benzene ring substituents is 1.